The minimum absolute atomic E-state index is 0. The Kier molecular flexibility index (Phi) is 39.2. The molecule has 0 aromatic rings. The monoisotopic (exact) mass is 458 g/mol. The SMILES string of the molecule is CCCCC[P+](=O)[O-].CCCCC[P+](=O)[O-].CCCCC[P+](=O)[O-].[Fe+3]. The zero-order chi connectivity index (χ0) is 19.2. The molecule has 0 N–H and O–H groups in total. The van der Waals surface area contributed by atoms with Gasteiger partial charge < -0.3 is 14.7 Å². The van der Waals surface area contributed by atoms with E-state index in [1.165, 1.54) is 0 Å². The Bertz CT molecular complexity index is 272. The van der Waals surface area contributed by atoms with Crippen LogP contribution in [-0.4, -0.2) is 18.5 Å². The summed E-state index contributed by atoms with van der Waals surface area (Å²) in [4.78, 5) is 29.7. The standard InChI is InChI=1S/3C5H11O2P.Fe/c3*1-2-3-4-5-8(6)7;/h3*2-5H2,1H3;/q;;;+3. The Balaban J connectivity index is -0.000000130. The van der Waals surface area contributed by atoms with Gasteiger partial charge in [-0.2, -0.15) is 0 Å². The predicted octanol–water partition coefficient (Wildman–Crippen LogP) is 3.84. The van der Waals surface area contributed by atoms with Gasteiger partial charge in [-0.25, -0.2) is 0 Å². The van der Waals surface area contributed by atoms with E-state index in [-0.39, 0.29) is 17.1 Å². The molecule has 0 spiro atoms. The molecule has 0 aliphatic carbocycles. The summed E-state index contributed by atoms with van der Waals surface area (Å²) in [5, 5.41) is 0. The summed E-state index contributed by atoms with van der Waals surface area (Å²) in [6.07, 6.45) is 9.93. The molecule has 0 aliphatic heterocycles. The van der Waals surface area contributed by atoms with Crippen LogP contribution in [0.2, 0.25) is 0 Å². The van der Waals surface area contributed by atoms with Gasteiger partial charge in [0.15, 0.2) is 0 Å². The van der Waals surface area contributed by atoms with Crippen LogP contribution in [0, 0.1) is 0 Å². The molecule has 0 rings (SSSR count). The summed E-state index contributed by atoms with van der Waals surface area (Å²) < 4.78 is 29.7. The Morgan fingerprint density at radius 1 is 0.520 bits per heavy atom. The zero-order valence-corrected chi connectivity index (χ0v) is 19.4. The smallest absolute Gasteiger partial charge is 0.596 e. The second kappa shape index (κ2) is 29.5. The van der Waals surface area contributed by atoms with Crippen LogP contribution in [0.5, 0.6) is 0 Å². The van der Waals surface area contributed by atoms with Gasteiger partial charge in [0.05, 0.1) is 0 Å². The third-order valence-electron chi connectivity index (χ3n) is 2.83. The van der Waals surface area contributed by atoms with Crippen molar-refractivity contribution in [1.29, 1.82) is 0 Å². The number of unbranched alkanes of at least 4 members (excludes halogenated alkanes) is 6. The van der Waals surface area contributed by atoms with E-state index in [0.717, 1.165) is 57.8 Å². The minimum Gasteiger partial charge on any atom is -0.596 e. The molecule has 0 amide bonds. The first kappa shape index (κ1) is 33.3. The third-order valence-corrected chi connectivity index (χ3v) is 4.88. The first-order chi connectivity index (χ1) is 11.3. The molecule has 25 heavy (non-hydrogen) atoms. The van der Waals surface area contributed by atoms with Gasteiger partial charge in [0.1, 0.15) is 18.5 Å². The van der Waals surface area contributed by atoms with Gasteiger partial charge in [-0.15, -0.1) is 0 Å². The summed E-state index contributed by atoms with van der Waals surface area (Å²) in [5.74, 6) is 0. The fourth-order valence-corrected chi connectivity index (χ4v) is 2.92. The molecule has 3 unspecified atom stereocenters. The van der Waals surface area contributed by atoms with E-state index in [1.807, 2.05) is 0 Å². The predicted molar refractivity (Wildman–Crippen MR) is 96.0 cm³/mol. The van der Waals surface area contributed by atoms with Crippen LogP contribution in [0.4, 0.5) is 0 Å². The molecule has 0 fully saturated rings. The van der Waals surface area contributed by atoms with E-state index in [4.69, 9.17) is 0 Å². The van der Waals surface area contributed by atoms with Gasteiger partial charge in [0.25, 0.3) is 0 Å². The molecule has 0 aliphatic rings. The van der Waals surface area contributed by atoms with Gasteiger partial charge in [-0.05, 0) is 38.5 Å². The van der Waals surface area contributed by atoms with Crippen molar-refractivity contribution in [3.8, 4) is 0 Å². The first-order valence-electron chi connectivity index (χ1n) is 8.67. The van der Waals surface area contributed by atoms with Gasteiger partial charge >= 0.3 is 41.2 Å². The second-order valence-corrected chi connectivity index (χ2v) is 8.63. The Morgan fingerprint density at radius 3 is 0.840 bits per heavy atom. The first-order valence-corrected chi connectivity index (χ1v) is 12.8. The van der Waals surface area contributed by atoms with E-state index in [1.54, 1.807) is 0 Å². The Labute approximate surface area is 166 Å². The summed E-state index contributed by atoms with van der Waals surface area (Å²) >= 11 is 0. The fraction of sp³-hybridized carbons (Fsp3) is 1.00. The normalized spacial score (nSPS) is 11.0. The molecular weight excluding hydrogens is 425 g/mol. The average Bonchev–Trinajstić information content (AvgIpc) is 2.48. The topological polar surface area (TPSA) is 120 Å². The Hall–Kier alpha value is 0.699. The Morgan fingerprint density at radius 2 is 0.720 bits per heavy atom. The molecule has 0 heterocycles. The molecule has 0 bridgehead atoms. The van der Waals surface area contributed by atoms with Gasteiger partial charge in [0.2, 0.25) is 0 Å². The van der Waals surface area contributed by atoms with Crippen molar-refractivity contribution >= 4 is 24.1 Å². The van der Waals surface area contributed by atoms with E-state index in [2.05, 4.69) is 20.8 Å². The summed E-state index contributed by atoms with van der Waals surface area (Å²) in [6.45, 7) is 6.16. The van der Waals surface area contributed by atoms with Crippen LogP contribution >= 0.6 is 24.1 Å². The maximum atomic E-state index is 9.91. The van der Waals surface area contributed by atoms with E-state index < -0.39 is 24.1 Å². The van der Waals surface area contributed by atoms with Crippen molar-refractivity contribution in [2.24, 2.45) is 0 Å². The number of rotatable bonds is 12. The van der Waals surface area contributed by atoms with Gasteiger partial charge in [-0.3, -0.25) is 0 Å². The average molecular weight is 458 g/mol. The summed E-state index contributed by atoms with van der Waals surface area (Å²) in [6, 6.07) is 0. The largest absolute Gasteiger partial charge is 3.00 e. The van der Waals surface area contributed by atoms with Crippen molar-refractivity contribution in [3.05, 3.63) is 0 Å². The fourth-order valence-electron chi connectivity index (χ4n) is 1.47. The van der Waals surface area contributed by atoms with Crippen LogP contribution < -0.4 is 14.7 Å². The molecule has 0 aromatic heterocycles. The van der Waals surface area contributed by atoms with Crippen molar-refractivity contribution in [1.82, 2.24) is 0 Å². The molecule has 0 saturated heterocycles. The molecule has 3 atom stereocenters. The summed E-state index contributed by atoms with van der Waals surface area (Å²) in [7, 11) is -6.34. The van der Waals surface area contributed by atoms with Gasteiger partial charge in [-0.1, -0.05) is 53.7 Å². The maximum absolute atomic E-state index is 9.91. The van der Waals surface area contributed by atoms with Crippen LogP contribution in [0.25, 0.3) is 0 Å². The van der Waals surface area contributed by atoms with Crippen LogP contribution in [0.3, 0.4) is 0 Å². The van der Waals surface area contributed by atoms with E-state index in [9.17, 15) is 28.4 Å². The number of hydrogen-bond acceptors (Lipinski definition) is 6. The molecule has 0 saturated carbocycles. The quantitative estimate of drug-likeness (QED) is 0.249. The summed E-state index contributed by atoms with van der Waals surface area (Å²) in [5.41, 5.74) is 0. The van der Waals surface area contributed by atoms with Crippen LogP contribution in [-0.2, 0) is 30.8 Å². The zero-order valence-electron chi connectivity index (χ0n) is 15.6. The van der Waals surface area contributed by atoms with Crippen LogP contribution in [0.1, 0.15) is 78.6 Å². The second-order valence-electron chi connectivity index (χ2n) is 5.29. The minimum atomic E-state index is -2.11. The van der Waals surface area contributed by atoms with Crippen molar-refractivity contribution in [3.63, 3.8) is 0 Å². The van der Waals surface area contributed by atoms with Crippen molar-refractivity contribution < 1.29 is 45.4 Å². The molecule has 6 nitrogen and oxygen atoms in total. The van der Waals surface area contributed by atoms with Gasteiger partial charge in [0, 0.05) is 0 Å². The van der Waals surface area contributed by atoms with Crippen molar-refractivity contribution in [2.75, 3.05) is 18.5 Å². The van der Waals surface area contributed by atoms with Crippen molar-refractivity contribution in [2.45, 2.75) is 78.6 Å². The molecule has 0 aromatic carbocycles. The molecular formula is C15H33FeO6P3+3. The molecule has 149 valence electrons. The maximum Gasteiger partial charge on any atom is 3.00 e. The van der Waals surface area contributed by atoms with E-state index >= 15 is 0 Å². The number of hydrogen-bond donors (Lipinski definition) is 0. The van der Waals surface area contributed by atoms with E-state index in [0.29, 0.717) is 18.5 Å². The third kappa shape index (κ3) is 51.6. The van der Waals surface area contributed by atoms with Crippen LogP contribution in [0.15, 0.2) is 0 Å². The molecule has 10 heteroatoms. The molecule has 1 radical (unpaired) electrons.